The fourth-order valence-electron chi connectivity index (χ4n) is 7.28. The van der Waals surface area contributed by atoms with E-state index in [9.17, 15) is 19.2 Å². The van der Waals surface area contributed by atoms with E-state index >= 15 is 0 Å². The van der Waals surface area contributed by atoms with Gasteiger partial charge >= 0.3 is 17.9 Å². The van der Waals surface area contributed by atoms with Crippen LogP contribution >= 0.6 is 47.0 Å². The van der Waals surface area contributed by atoms with Crippen LogP contribution in [0.1, 0.15) is 146 Å². The lowest BCUT2D eigenvalue weighted by molar-refractivity contribution is -0.146. The fourth-order valence-corrected chi connectivity index (χ4v) is 12.1. The largest absolute Gasteiger partial charge is 0.481 e. The van der Waals surface area contributed by atoms with Gasteiger partial charge in [0.05, 0.1) is 59.0 Å². The predicted molar refractivity (Wildman–Crippen MR) is 297 cm³/mol. The standard InChI is InChI=1S/C58H77NO11S4/c1-17-21-22-59-47(60)31-67-51-39-23-35(55(5,6)7)24-40(51)72-42-26-37(57(11,12)13)28-44(53(42)69-33-49(62)65-19-3)74-46-30-38(58(14,15)16)29-45(54(46)70-34-50(63)66-20-4)73-43-27-36(56(8,9)10)25-41(71-39)52(43)68-32-48(61)64-18-2/h23-30H,17-22,31-34H2,1-16H3,(H,59,60). The van der Waals surface area contributed by atoms with Gasteiger partial charge < -0.3 is 38.5 Å². The highest BCUT2D eigenvalue weighted by Crippen LogP contribution is 2.56. The van der Waals surface area contributed by atoms with E-state index in [1.807, 2.05) is 0 Å². The van der Waals surface area contributed by atoms with Crippen LogP contribution in [0.5, 0.6) is 23.0 Å². The molecule has 8 bridgehead atoms. The minimum absolute atomic E-state index is 0.176. The van der Waals surface area contributed by atoms with Crippen molar-refractivity contribution in [2.75, 3.05) is 52.8 Å². The molecule has 74 heavy (non-hydrogen) atoms. The molecule has 0 fully saturated rings. The number of amides is 1. The second kappa shape index (κ2) is 25.9. The van der Waals surface area contributed by atoms with Crippen molar-refractivity contribution in [2.45, 2.75) is 184 Å². The maximum atomic E-state index is 13.6. The molecule has 1 amide bonds. The number of fused-ring (bicyclic) bond motifs is 8. The molecule has 0 aliphatic carbocycles. The highest BCUT2D eigenvalue weighted by molar-refractivity contribution is 8.01. The molecule has 1 N–H and O–H groups in total. The zero-order valence-corrected chi connectivity index (χ0v) is 49.6. The number of rotatable bonds is 18. The van der Waals surface area contributed by atoms with Gasteiger partial charge in [-0.3, -0.25) is 4.79 Å². The Balaban J connectivity index is 2.02. The first-order chi connectivity index (χ1) is 34.7. The van der Waals surface area contributed by atoms with Crippen molar-refractivity contribution in [2.24, 2.45) is 0 Å². The Hall–Kier alpha value is -4.64. The molecular formula is C58H77NO11S4. The summed E-state index contributed by atoms with van der Waals surface area (Å²) >= 11 is 5.63. The first-order valence-electron chi connectivity index (χ1n) is 25.4. The van der Waals surface area contributed by atoms with Crippen molar-refractivity contribution in [3.63, 3.8) is 0 Å². The van der Waals surface area contributed by atoms with E-state index in [4.69, 9.17) is 33.2 Å². The average Bonchev–Trinajstić information content (AvgIpc) is 3.29. The van der Waals surface area contributed by atoms with Gasteiger partial charge in [0, 0.05) is 6.54 Å². The first-order valence-corrected chi connectivity index (χ1v) is 28.6. The quantitative estimate of drug-likeness (QED) is 0.0504. The summed E-state index contributed by atoms with van der Waals surface area (Å²) in [4.78, 5) is 58.7. The highest BCUT2D eigenvalue weighted by Gasteiger charge is 2.31. The first kappa shape index (κ1) is 60.2. The molecule has 0 unspecified atom stereocenters. The molecule has 0 saturated carbocycles. The van der Waals surface area contributed by atoms with Crippen LogP contribution in [0.3, 0.4) is 0 Å². The van der Waals surface area contributed by atoms with Crippen molar-refractivity contribution in [3.05, 3.63) is 70.8 Å². The van der Waals surface area contributed by atoms with E-state index in [0.717, 1.165) is 35.1 Å². The Morgan fingerprint density at radius 1 is 0.392 bits per heavy atom. The monoisotopic (exact) mass is 1090 g/mol. The molecule has 0 spiro atoms. The van der Waals surface area contributed by atoms with E-state index in [1.54, 1.807) is 20.8 Å². The summed E-state index contributed by atoms with van der Waals surface area (Å²) in [7, 11) is 0. The van der Waals surface area contributed by atoms with E-state index in [2.05, 4.69) is 144 Å². The SMILES string of the molecule is CCCCNC(=O)COc1c2cc(C(C)(C)C)cc1Sc1cc(C(C)(C)C)cc(c1OCC(=O)OCC)Sc1cc(C(C)(C)C)cc(c1OCC(=O)OCC)Sc1cc(C(C)(C)C)cc(c1OCC(=O)OCC)S2. The van der Waals surface area contributed by atoms with E-state index in [1.165, 1.54) is 47.0 Å². The smallest absolute Gasteiger partial charge is 0.344 e. The summed E-state index contributed by atoms with van der Waals surface area (Å²) in [6.07, 6.45) is 1.75. The molecule has 1 aliphatic heterocycles. The molecule has 404 valence electrons. The molecule has 16 heteroatoms. The normalized spacial score (nSPS) is 12.9. The van der Waals surface area contributed by atoms with Crippen LogP contribution in [-0.2, 0) is 55.0 Å². The van der Waals surface area contributed by atoms with Gasteiger partial charge in [-0.1, -0.05) is 143 Å². The van der Waals surface area contributed by atoms with Crippen molar-refractivity contribution in [1.29, 1.82) is 0 Å². The molecule has 4 aromatic carbocycles. The Morgan fingerprint density at radius 2 is 0.622 bits per heavy atom. The van der Waals surface area contributed by atoms with Crippen LogP contribution in [-0.4, -0.2) is 76.6 Å². The number of unbranched alkanes of at least 4 members (excludes halogenated alkanes) is 1. The molecule has 5 rings (SSSR count). The third kappa shape index (κ3) is 16.7. The predicted octanol–water partition coefficient (Wildman–Crippen LogP) is 13.9. The molecular weight excluding hydrogens is 1010 g/mol. The lowest BCUT2D eigenvalue weighted by atomic mass is 9.87. The van der Waals surface area contributed by atoms with Crippen LogP contribution in [0.4, 0.5) is 0 Å². The van der Waals surface area contributed by atoms with Crippen LogP contribution in [0, 0.1) is 0 Å². The van der Waals surface area contributed by atoms with Gasteiger partial charge in [-0.05, 0) is 120 Å². The molecule has 4 aromatic rings. The van der Waals surface area contributed by atoms with Gasteiger partial charge in [-0.2, -0.15) is 0 Å². The van der Waals surface area contributed by atoms with Gasteiger partial charge in [0.25, 0.3) is 5.91 Å². The van der Waals surface area contributed by atoms with Gasteiger partial charge in [0.2, 0.25) is 0 Å². The molecule has 1 heterocycles. The zero-order chi connectivity index (χ0) is 54.8. The van der Waals surface area contributed by atoms with Crippen molar-refractivity contribution >= 4 is 70.9 Å². The van der Waals surface area contributed by atoms with Crippen LogP contribution in [0.15, 0.2) is 87.7 Å². The molecule has 1 aliphatic rings. The Kier molecular flexibility index (Phi) is 21.1. The average molecular weight is 1090 g/mol. The Bertz CT molecular complexity index is 2520. The topological polar surface area (TPSA) is 145 Å². The summed E-state index contributed by atoms with van der Waals surface area (Å²) in [6.45, 7) is 32.7. The molecule has 0 saturated heterocycles. The summed E-state index contributed by atoms with van der Waals surface area (Å²) in [5, 5.41) is 3.01. The number of hydrogen-bond acceptors (Lipinski definition) is 15. The molecule has 0 atom stereocenters. The van der Waals surface area contributed by atoms with Gasteiger partial charge in [0.1, 0.15) is 23.0 Å². The van der Waals surface area contributed by atoms with E-state index < -0.39 is 17.9 Å². The summed E-state index contributed by atoms with van der Waals surface area (Å²) < 4.78 is 42.9. The maximum Gasteiger partial charge on any atom is 0.344 e. The second-order valence-electron chi connectivity index (χ2n) is 21.9. The third-order valence-corrected chi connectivity index (χ3v) is 15.7. The molecule has 12 nitrogen and oxygen atoms in total. The fraction of sp³-hybridized carbons (Fsp3) is 0.517. The lowest BCUT2D eigenvalue weighted by Gasteiger charge is -2.28. The van der Waals surface area contributed by atoms with Crippen molar-refractivity contribution in [1.82, 2.24) is 5.32 Å². The van der Waals surface area contributed by atoms with Crippen molar-refractivity contribution in [3.8, 4) is 23.0 Å². The van der Waals surface area contributed by atoms with Crippen molar-refractivity contribution < 1.29 is 52.3 Å². The highest BCUT2D eigenvalue weighted by atomic mass is 32.2. The number of carbonyl (C=O) groups is 4. The number of hydrogen-bond donors (Lipinski definition) is 1. The molecule has 0 aromatic heterocycles. The van der Waals surface area contributed by atoms with Crippen LogP contribution in [0.25, 0.3) is 0 Å². The summed E-state index contributed by atoms with van der Waals surface area (Å²) in [6, 6.07) is 16.7. The minimum Gasteiger partial charge on any atom is -0.481 e. The number of ether oxygens (including phenoxy) is 7. The minimum atomic E-state index is -0.535. The van der Waals surface area contributed by atoms with Crippen LogP contribution in [0.2, 0.25) is 0 Å². The molecule has 0 radical (unpaired) electrons. The summed E-state index contributed by atoms with van der Waals surface area (Å²) in [5.74, 6) is -0.136. The Morgan fingerprint density at radius 3 is 0.824 bits per heavy atom. The van der Waals surface area contributed by atoms with Gasteiger partial charge in [-0.25, -0.2) is 14.4 Å². The van der Waals surface area contributed by atoms with Gasteiger partial charge in [0.15, 0.2) is 26.4 Å². The number of benzene rings is 4. The summed E-state index contributed by atoms with van der Waals surface area (Å²) in [5.41, 5.74) is 2.43. The second-order valence-corrected chi connectivity index (χ2v) is 26.2. The number of carbonyl (C=O) groups excluding carboxylic acids is 4. The van der Waals surface area contributed by atoms with Crippen LogP contribution < -0.4 is 24.3 Å². The maximum absolute atomic E-state index is 13.6. The lowest BCUT2D eigenvalue weighted by Crippen LogP contribution is -2.29. The Labute approximate surface area is 456 Å². The van der Waals surface area contributed by atoms with Gasteiger partial charge in [-0.15, -0.1) is 0 Å². The van der Waals surface area contributed by atoms with E-state index in [0.29, 0.717) is 68.7 Å². The zero-order valence-electron chi connectivity index (χ0n) is 46.3. The number of nitrogens with one attached hydrogen (secondary N) is 1. The third-order valence-electron chi connectivity index (χ3n) is 11.5. The number of esters is 3. The van der Waals surface area contributed by atoms with E-state index in [-0.39, 0.29) is 73.8 Å².